The van der Waals surface area contributed by atoms with Crippen molar-refractivity contribution in [2.45, 2.75) is 0 Å². The number of pyridine rings is 1. The van der Waals surface area contributed by atoms with Gasteiger partial charge in [0.1, 0.15) is 23.3 Å². The van der Waals surface area contributed by atoms with Crippen LogP contribution in [0.5, 0.6) is 0 Å². The van der Waals surface area contributed by atoms with Gasteiger partial charge in [-0.1, -0.05) is 24.3 Å². The molecule has 0 spiro atoms. The lowest BCUT2D eigenvalue weighted by atomic mass is 10.2. The van der Waals surface area contributed by atoms with Gasteiger partial charge in [-0.25, -0.2) is 22.5 Å². The highest BCUT2D eigenvalue weighted by molar-refractivity contribution is 7.79. The van der Waals surface area contributed by atoms with Gasteiger partial charge >= 0.3 is 0 Å². The minimum absolute atomic E-state index is 0.287. The minimum atomic E-state index is -1.66. The maximum atomic E-state index is 13.8. The molecule has 0 N–H and O–H groups in total. The molecule has 0 atom stereocenters. The van der Waals surface area contributed by atoms with Crippen LogP contribution in [0.2, 0.25) is 0 Å². The molecule has 0 unspecified atom stereocenters. The number of hydrogen-bond donors (Lipinski definition) is 0. The highest BCUT2D eigenvalue weighted by Crippen LogP contribution is 2.33. The summed E-state index contributed by atoms with van der Waals surface area (Å²) in [7, 11) is -1.66. The molecule has 0 saturated carbocycles. The highest BCUT2D eigenvalue weighted by atomic mass is 31.1. The van der Waals surface area contributed by atoms with Crippen LogP contribution < -0.4 is 16.0 Å². The Morgan fingerprint density at radius 3 is 1.67 bits per heavy atom. The Morgan fingerprint density at radius 2 is 1.11 bits per heavy atom. The van der Waals surface area contributed by atoms with Gasteiger partial charge in [-0.3, -0.25) is 0 Å². The number of para-hydroxylation sites is 1. The van der Waals surface area contributed by atoms with E-state index in [1.165, 1.54) is 24.3 Å². The van der Waals surface area contributed by atoms with Gasteiger partial charge in [0.2, 0.25) is 0 Å². The molecule has 1 aromatic heterocycles. The van der Waals surface area contributed by atoms with Crippen LogP contribution in [-0.2, 0) is 0 Å². The largest absolute Gasteiger partial charge is 0.247 e. The highest BCUT2D eigenvalue weighted by Gasteiger charge is 2.21. The number of hydrogen-bond acceptors (Lipinski definition) is 1. The lowest BCUT2D eigenvalue weighted by Gasteiger charge is -2.19. The van der Waals surface area contributed by atoms with Gasteiger partial charge in [0.15, 0.2) is 0 Å². The van der Waals surface area contributed by atoms with Crippen LogP contribution in [0.15, 0.2) is 72.8 Å². The van der Waals surface area contributed by atoms with E-state index < -0.39 is 31.2 Å². The summed E-state index contributed by atoms with van der Waals surface area (Å²) in [4.78, 5) is 4.59. The first-order valence-corrected chi connectivity index (χ1v) is 9.42. The van der Waals surface area contributed by atoms with Crippen LogP contribution in [0.1, 0.15) is 0 Å². The van der Waals surface area contributed by atoms with Gasteiger partial charge in [0, 0.05) is 25.4 Å². The molecule has 0 bridgehead atoms. The molecular weight excluding hydrogens is 373 g/mol. The maximum Gasteiger partial charge on any atom is 0.126 e. The van der Waals surface area contributed by atoms with E-state index >= 15 is 0 Å². The van der Waals surface area contributed by atoms with Gasteiger partial charge in [-0.2, -0.15) is 0 Å². The summed E-state index contributed by atoms with van der Waals surface area (Å²) in [5, 5.41) is 1.47. The second kappa shape index (κ2) is 7.09. The number of halogens is 4. The van der Waals surface area contributed by atoms with Gasteiger partial charge < -0.3 is 0 Å². The molecular formula is C21H12F4NP. The second-order valence-electron chi connectivity index (χ2n) is 5.95. The normalized spacial score (nSPS) is 11.3. The van der Waals surface area contributed by atoms with Crippen LogP contribution in [0.3, 0.4) is 0 Å². The van der Waals surface area contributed by atoms with Gasteiger partial charge in [0.25, 0.3) is 0 Å². The van der Waals surface area contributed by atoms with Gasteiger partial charge in [0.05, 0.1) is 11.0 Å². The minimum Gasteiger partial charge on any atom is -0.247 e. The van der Waals surface area contributed by atoms with Crippen LogP contribution in [0.25, 0.3) is 10.9 Å². The van der Waals surface area contributed by atoms with E-state index in [1.807, 2.05) is 30.3 Å². The van der Waals surface area contributed by atoms with Crippen LogP contribution >= 0.6 is 7.92 Å². The van der Waals surface area contributed by atoms with Crippen molar-refractivity contribution in [1.29, 1.82) is 0 Å². The predicted octanol–water partition coefficient (Wildman–Crippen LogP) is 4.55. The predicted molar refractivity (Wildman–Crippen MR) is 100 cm³/mol. The average Bonchev–Trinajstić information content (AvgIpc) is 2.60. The van der Waals surface area contributed by atoms with Crippen LogP contribution in [0, 0.1) is 23.3 Å². The fraction of sp³-hybridized carbons (Fsp3) is 0. The van der Waals surface area contributed by atoms with Crippen LogP contribution in [-0.4, -0.2) is 4.98 Å². The smallest absolute Gasteiger partial charge is 0.126 e. The molecule has 0 aliphatic heterocycles. The number of benzene rings is 3. The summed E-state index contributed by atoms with van der Waals surface area (Å²) < 4.78 is 55.3. The zero-order valence-corrected chi connectivity index (χ0v) is 14.7. The molecule has 0 fully saturated rings. The van der Waals surface area contributed by atoms with Crippen molar-refractivity contribution in [2.75, 3.05) is 0 Å². The Hall–Kier alpha value is -2.78. The van der Waals surface area contributed by atoms with E-state index in [-0.39, 0.29) is 10.6 Å². The zero-order valence-electron chi connectivity index (χ0n) is 13.8. The SMILES string of the molecule is Fc1cc(F)cc(P(c2cc(F)cc(F)c2)c2ccc3ccccc3n2)c1. The van der Waals surface area contributed by atoms with Crippen molar-refractivity contribution >= 4 is 34.9 Å². The Bertz CT molecular complexity index is 1050. The number of fused-ring (bicyclic) bond motifs is 1. The van der Waals surface area contributed by atoms with Crippen molar-refractivity contribution in [3.8, 4) is 0 Å². The Morgan fingerprint density at radius 1 is 0.593 bits per heavy atom. The summed E-state index contributed by atoms with van der Waals surface area (Å²) in [6.45, 7) is 0. The molecule has 0 aliphatic rings. The molecule has 1 nitrogen and oxygen atoms in total. The van der Waals surface area contributed by atoms with Crippen LogP contribution in [0.4, 0.5) is 17.6 Å². The standard InChI is InChI=1S/C21H12F4NP/c22-14-7-15(23)10-18(9-14)27(19-11-16(24)8-17(25)12-19)21-6-5-13-3-1-2-4-20(13)26-21/h1-12H. The van der Waals surface area contributed by atoms with Gasteiger partial charge in [-0.05, 0) is 47.0 Å². The lowest BCUT2D eigenvalue weighted by Crippen LogP contribution is -2.24. The molecule has 3 aromatic carbocycles. The molecule has 27 heavy (non-hydrogen) atoms. The summed E-state index contributed by atoms with van der Waals surface area (Å²) >= 11 is 0. The Labute approximate surface area is 154 Å². The summed E-state index contributed by atoms with van der Waals surface area (Å²) in [6, 6.07) is 17.2. The maximum absolute atomic E-state index is 13.8. The monoisotopic (exact) mass is 385 g/mol. The first-order valence-electron chi connectivity index (χ1n) is 8.08. The molecule has 6 heteroatoms. The van der Waals surface area contributed by atoms with E-state index in [1.54, 1.807) is 6.07 Å². The number of rotatable bonds is 3. The summed E-state index contributed by atoms with van der Waals surface area (Å²) in [5.41, 5.74) is 1.19. The summed E-state index contributed by atoms with van der Waals surface area (Å²) in [5.74, 6) is -3.02. The van der Waals surface area contributed by atoms with E-state index in [0.29, 0.717) is 11.0 Å². The van der Waals surface area contributed by atoms with Crippen molar-refractivity contribution < 1.29 is 17.6 Å². The topological polar surface area (TPSA) is 12.9 Å². The molecule has 0 aliphatic carbocycles. The van der Waals surface area contributed by atoms with E-state index in [0.717, 1.165) is 17.5 Å². The molecule has 0 saturated heterocycles. The number of aromatic nitrogens is 1. The number of nitrogens with zero attached hydrogens (tertiary/aromatic N) is 1. The molecule has 4 rings (SSSR count). The third-order valence-corrected chi connectivity index (χ3v) is 6.28. The first kappa shape index (κ1) is 17.6. The van der Waals surface area contributed by atoms with Crippen molar-refractivity contribution in [3.05, 3.63) is 96.1 Å². The average molecular weight is 385 g/mol. The van der Waals surface area contributed by atoms with Crippen molar-refractivity contribution in [2.24, 2.45) is 0 Å². The quantitative estimate of drug-likeness (QED) is 0.373. The van der Waals surface area contributed by atoms with Gasteiger partial charge in [-0.15, -0.1) is 0 Å². The van der Waals surface area contributed by atoms with Crippen molar-refractivity contribution in [3.63, 3.8) is 0 Å². The van der Waals surface area contributed by atoms with E-state index in [2.05, 4.69) is 4.98 Å². The Kier molecular flexibility index (Phi) is 4.63. The molecule has 0 radical (unpaired) electrons. The third kappa shape index (κ3) is 3.69. The molecule has 0 amide bonds. The zero-order chi connectivity index (χ0) is 19.0. The fourth-order valence-corrected chi connectivity index (χ4v) is 5.20. The first-order chi connectivity index (χ1) is 13.0. The summed E-state index contributed by atoms with van der Waals surface area (Å²) in [6.07, 6.45) is 0. The van der Waals surface area contributed by atoms with E-state index in [4.69, 9.17) is 0 Å². The molecule has 134 valence electrons. The third-order valence-electron chi connectivity index (χ3n) is 4.02. The fourth-order valence-electron chi connectivity index (χ4n) is 2.93. The molecule has 4 aromatic rings. The second-order valence-corrected chi connectivity index (χ2v) is 8.11. The lowest BCUT2D eigenvalue weighted by molar-refractivity contribution is 0.585. The molecule has 1 heterocycles. The van der Waals surface area contributed by atoms with E-state index in [9.17, 15) is 17.6 Å². The van der Waals surface area contributed by atoms with Crippen molar-refractivity contribution in [1.82, 2.24) is 4.98 Å². The Balaban J connectivity index is 1.96.